The largest absolute Gasteiger partial charge is 0.319 e. The van der Waals surface area contributed by atoms with Gasteiger partial charge in [0.1, 0.15) is 0 Å². The van der Waals surface area contributed by atoms with Gasteiger partial charge >= 0.3 is 0 Å². The Morgan fingerprint density at radius 2 is 1.47 bits per heavy atom. The van der Waals surface area contributed by atoms with Gasteiger partial charge in [-0.15, -0.1) is 0 Å². The maximum absolute atomic E-state index is 6.89. The molecule has 15 heavy (non-hydrogen) atoms. The Morgan fingerprint density at radius 1 is 0.933 bits per heavy atom. The fourth-order valence-corrected chi connectivity index (χ4v) is 1.75. The summed E-state index contributed by atoms with van der Waals surface area (Å²) in [4.78, 5) is 3.38. The molecule has 0 amide bonds. The third-order valence-corrected chi connectivity index (χ3v) is 2.51. The molecule has 2 heteroatoms. The number of benzene rings is 1. The summed E-state index contributed by atoms with van der Waals surface area (Å²) in [6.45, 7) is 11.0. The Balaban J connectivity index is 2.51. The molecule has 0 aliphatic rings. The van der Waals surface area contributed by atoms with Crippen molar-refractivity contribution in [2.75, 3.05) is 0 Å². The lowest BCUT2D eigenvalue weighted by Gasteiger charge is -2.08. The number of aromatic nitrogens is 1. The average Bonchev–Trinajstić information content (AvgIpc) is 2.59. The molecule has 0 aliphatic heterocycles. The summed E-state index contributed by atoms with van der Waals surface area (Å²) in [5, 5.41) is 0. The summed E-state index contributed by atoms with van der Waals surface area (Å²) < 4.78 is 2.17. The molecule has 0 bridgehead atoms. The van der Waals surface area contributed by atoms with Crippen LogP contribution in [-0.2, 0) is 0 Å². The molecule has 0 atom stereocenters. The number of hydrogen-bond acceptors (Lipinski definition) is 0. The van der Waals surface area contributed by atoms with Gasteiger partial charge in [-0.1, -0.05) is 12.1 Å². The van der Waals surface area contributed by atoms with E-state index < -0.39 is 0 Å². The van der Waals surface area contributed by atoms with Crippen molar-refractivity contribution in [2.24, 2.45) is 0 Å². The molecule has 0 saturated carbocycles. The zero-order valence-corrected chi connectivity index (χ0v) is 8.86. The minimum Gasteiger partial charge on any atom is -0.319 e. The van der Waals surface area contributed by atoms with Gasteiger partial charge in [-0.2, -0.15) is 0 Å². The Bertz CT molecular complexity index is 493. The van der Waals surface area contributed by atoms with Crippen LogP contribution in [0.25, 0.3) is 10.5 Å². The molecule has 74 valence electrons. The molecule has 0 aliphatic carbocycles. The molecule has 0 N–H and O–H groups in total. The Morgan fingerprint density at radius 3 is 1.93 bits per heavy atom. The van der Waals surface area contributed by atoms with Crippen LogP contribution < -0.4 is 0 Å². The smallest absolute Gasteiger partial charge is 0.187 e. The first kappa shape index (κ1) is 9.54. The lowest BCUT2D eigenvalue weighted by Crippen LogP contribution is -1.97. The molecule has 2 nitrogen and oxygen atoms in total. The van der Waals surface area contributed by atoms with Crippen molar-refractivity contribution in [1.82, 2.24) is 4.57 Å². The van der Waals surface area contributed by atoms with E-state index in [0.29, 0.717) is 5.69 Å². The predicted molar refractivity (Wildman–Crippen MR) is 61.5 cm³/mol. The van der Waals surface area contributed by atoms with E-state index in [0.717, 1.165) is 5.69 Å². The van der Waals surface area contributed by atoms with Gasteiger partial charge in [0, 0.05) is 17.1 Å². The van der Waals surface area contributed by atoms with Crippen LogP contribution in [0.4, 0.5) is 5.69 Å². The highest BCUT2D eigenvalue weighted by Crippen LogP contribution is 2.19. The molecule has 1 aromatic carbocycles. The second-order valence-electron chi connectivity index (χ2n) is 3.58. The summed E-state index contributed by atoms with van der Waals surface area (Å²) in [5.41, 5.74) is 4.22. The van der Waals surface area contributed by atoms with E-state index in [9.17, 15) is 0 Å². The molecule has 0 spiro atoms. The standard InChI is InChI=1S/C13H12N2/c1-10-4-5-11(2)15(10)13-8-6-12(14-3)7-9-13/h4-9H,1-2H3. The SMILES string of the molecule is [C-]#[N+]c1ccc(-n2c(C)ccc2C)cc1. The zero-order chi connectivity index (χ0) is 10.8. The van der Waals surface area contributed by atoms with Crippen molar-refractivity contribution in [3.63, 3.8) is 0 Å². The second kappa shape index (κ2) is 3.62. The van der Waals surface area contributed by atoms with Crippen molar-refractivity contribution in [3.8, 4) is 5.69 Å². The Kier molecular flexibility index (Phi) is 2.31. The lowest BCUT2D eigenvalue weighted by molar-refractivity contribution is 0.966. The number of nitrogens with zero attached hydrogens (tertiary/aromatic N) is 2. The summed E-state index contributed by atoms with van der Waals surface area (Å²) in [7, 11) is 0. The topological polar surface area (TPSA) is 9.29 Å². The van der Waals surface area contributed by atoms with Gasteiger partial charge in [0.05, 0.1) is 6.57 Å². The Hall–Kier alpha value is -2.01. The van der Waals surface area contributed by atoms with Crippen molar-refractivity contribution >= 4 is 5.69 Å². The third kappa shape index (κ3) is 1.64. The van der Waals surface area contributed by atoms with Gasteiger partial charge < -0.3 is 4.57 Å². The molecular weight excluding hydrogens is 184 g/mol. The fraction of sp³-hybridized carbons (Fsp3) is 0.154. The molecule has 0 saturated heterocycles. The quantitative estimate of drug-likeness (QED) is 0.616. The highest BCUT2D eigenvalue weighted by molar-refractivity contribution is 5.50. The van der Waals surface area contributed by atoms with E-state index in [1.54, 1.807) is 0 Å². The molecular formula is C13H12N2. The Labute approximate surface area is 89.6 Å². The highest BCUT2D eigenvalue weighted by atomic mass is 15.0. The van der Waals surface area contributed by atoms with Crippen LogP contribution in [-0.4, -0.2) is 4.57 Å². The summed E-state index contributed by atoms with van der Waals surface area (Å²) in [6, 6.07) is 11.8. The second-order valence-corrected chi connectivity index (χ2v) is 3.58. The third-order valence-electron chi connectivity index (χ3n) is 2.51. The number of hydrogen-bond donors (Lipinski definition) is 0. The highest BCUT2D eigenvalue weighted by Gasteiger charge is 2.02. The predicted octanol–water partition coefficient (Wildman–Crippen LogP) is 3.64. The van der Waals surface area contributed by atoms with Crippen LogP contribution in [0.2, 0.25) is 0 Å². The van der Waals surface area contributed by atoms with Crippen molar-refractivity contribution < 1.29 is 0 Å². The fourth-order valence-electron chi connectivity index (χ4n) is 1.75. The van der Waals surface area contributed by atoms with Gasteiger partial charge in [0.25, 0.3) is 0 Å². The van der Waals surface area contributed by atoms with Crippen molar-refractivity contribution in [1.29, 1.82) is 0 Å². The van der Waals surface area contributed by atoms with E-state index in [2.05, 4.69) is 35.4 Å². The molecule has 2 aromatic rings. The molecule has 0 fully saturated rings. The molecule has 1 heterocycles. The van der Waals surface area contributed by atoms with E-state index in [1.165, 1.54) is 11.4 Å². The van der Waals surface area contributed by atoms with Gasteiger partial charge in [-0.25, -0.2) is 4.85 Å². The summed E-state index contributed by atoms with van der Waals surface area (Å²) >= 11 is 0. The van der Waals surface area contributed by atoms with Gasteiger partial charge in [-0.3, -0.25) is 0 Å². The van der Waals surface area contributed by atoms with Crippen LogP contribution in [0, 0.1) is 20.4 Å². The summed E-state index contributed by atoms with van der Waals surface area (Å²) in [5.74, 6) is 0. The first-order valence-corrected chi connectivity index (χ1v) is 4.85. The van der Waals surface area contributed by atoms with Crippen molar-refractivity contribution in [3.05, 3.63) is 59.2 Å². The van der Waals surface area contributed by atoms with E-state index in [-0.39, 0.29) is 0 Å². The maximum atomic E-state index is 6.89. The van der Waals surface area contributed by atoms with Crippen LogP contribution in [0.5, 0.6) is 0 Å². The minimum atomic E-state index is 0.682. The molecule has 2 rings (SSSR count). The van der Waals surface area contributed by atoms with Gasteiger partial charge in [0.2, 0.25) is 0 Å². The van der Waals surface area contributed by atoms with Crippen molar-refractivity contribution in [2.45, 2.75) is 13.8 Å². The first-order valence-electron chi connectivity index (χ1n) is 4.85. The minimum absolute atomic E-state index is 0.682. The molecule has 0 radical (unpaired) electrons. The number of rotatable bonds is 1. The van der Waals surface area contributed by atoms with Gasteiger partial charge in [-0.05, 0) is 38.1 Å². The average molecular weight is 196 g/mol. The first-order chi connectivity index (χ1) is 7.22. The van der Waals surface area contributed by atoms with E-state index in [1.807, 2.05) is 24.3 Å². The normalized spacial score (nSPS) is 9.93. The molecule has 1 aromatic heterocycles. The van der Waals surface area contributed by atoms with Crippen LogP contribution in [0.15, 0.2) is 36.4 Å². The number of aryl methyl sites for hydroxylation is 2. The van der Waals surface area contributed by atoms with E-state index >= 15 is 0 Å². The monoisotopic (exact) mass is 196 g/mol. The zero-order valence-electron chi connectivity index (χ0n) is 8.86. The van der Waals surface area contributed by atoms with Gasteiger partial charge in [0.15, 0.2) is 5.69 Å². The van der Waals surface area contributed by atoms with Crippen LogP contribution >= 0.6 is 0 Å². The summed E-state index contributed by atoms with van der Waals surface area (Å²) in [6.07, 6.45) is 0. The van der Waals surface area contributed by atoms with Crippen LogP contribution in [0.3, 0.4) is 0 Å². The maximum Gasteiger partial charge on any atom is 0.187 e. The lowest BCUT2D eigenvalue weighted by atomic mass is 10.2. The van der Waals surface area contributed by atoms with E-state index in [4.69, 9.17) is 6.57 Å². The van der Waals surface area contributed by atoms with Crippen LogP contribution in [0.1, 0.15) is 11.4 Å². The molecule has 0 unspecified atom stereocenters.